The van der Waals surface area contributed by atoms with E-state index in [0.29, 0.717) is 25.8 Å². The highest BCUT2D eigenvalue weighted by Gasteiger charge is 2.48. The zero-order valence-corrected chi connectivity index (χ0v) is 15.8. The number of hydrogen-bond donors (Lipinski definition) is 2. The van der Waals surface area contributed by atoms with E-state index in [1.807, 2.05) is 12.2 Å². The van der Waals surface area contributed by atoms with Gasteiger partial charge in [0, 0.05) is 12.6 Å². The Bertz CT molecular complexity index is 886. The smallest absolute Gasteiger partial charge is 0.294 e. The van der Waals surface area contributed by atoms with E-state index in [0.717, 1.165) is 17.7 Å². The largest absolute Gasteiger partial charge is 0.368 e. The van der Waals surface area contributed by atoms with Crippen LogP contribution in [0, 0.1) is 22.0 Å². The number of carbonyl (C=O) groups is 3. The quantitative estimate of drug-likeness (QED) is 0.347. The minimum atomic E-state index is -0.569. The number of allylic oxidation sites excluding steroid dienone is 2. The lowest BCUT2D eigenvalue weighted by Gasteiger charge is -2.19. The third-order valence-corrected chi connectivity index (χ3v) is 5.81. The monoisotopic (exact) mass is 398 g/mol. The van der Waals surface area contributed by atoms with Crippen LogP contribution in [0.2, 0.25) is 0 Å². The molecule has 0 bridgehead atoms. The van der Waals surface area contributed by atoms with E-state index >= 15 is 0 Å². The van der Waals surface area contributed by atoms with Crippen LogP contribution in [-0.2, 0) is 14.4 Å². The van der Waals surface area contributed by atoms with Gasteiger partial charge in [0.25, 0.3) is 5.69 Å². The Morgan fingerprint density at radius 2 is 1.76 bits per heavy atom. The van der Waals surface area contributed by atoms with Gasteiger partial charge in [-0.15, -0.1) is 0 Å². The Hall–Kier alpha value is -3.23. The van der Waals surface area contributed by atoms with E-state index in [1.54, 1.807) is 0 Å². The number of imide groups is 1. The number of hydrogen-bond acceptors (Lipinski definition) is 6. The highest BCUT2D eigenvalue weighted by atomic mass is 16.6. The average Bonchev–Trinajstić information content (AvgIpc) is 2.83. The maximum absolute atomic E-state index is 12.7. The minimum absolute atomic E-state index is 0.192. The number of nitro benzene ring substituents is 1. The van der Waals surface area contributed by atoms with Gasteiger partial charge in [0.05, 0.1) is 22.4 Å². The molecule has 0 radical (unpaired) electrons. The van der Waals surface area contributed by atoms with E-state index in [2.05, 4.69) is 10.6 Å². The number of amides is 3. The van der Waals surface area contributed by atoms with Gasteiger partial charge in [0.1, 0.15) is 11.7 Å². The van der Waals surface area contributed by atoms with Crippen molar-refractivity contribution in [2.24, 2.45) is 11.8 Å². The minimum Gasteiger partial charge on any atom is -0.368 e. The van der Waals surface area contributed by atoms with Crippen molar-refractivity contribution in [3.05, 3.63) is 40.5 Å². The normalized spacial score (nSPS) is 26.7. The fraction of sp³-hybridized carbons (Fsp3) is 0.450. The van der Waals surface area contributed by atoms with E-state index in [9.17, 15) is 24.5 Å². The van der Waals surface area contributed by atoms with Crippen LogP contribution in [-0.4, -0.2) is 35.2 Å². The van der Waals surface area contributed by atoms with Gasteiger partial charge in [0.15, 0.2) is 0 Å². The van der Waals surface area contributed by atoms with Crippen molar-refractivity contribution < 1.29 is 19.3 Å². The first-order valence-corrected chi connectivity index (χ1v) is 9.83. The van der Waals surface area contributed by atoms with Crippen LogP contribution < -0.4 is 15.5 Å². The first-order valence-electron chi connectivity index (χ1n) is 9.83. The Morgan fingerprint density at radius 1 is 1.07 bits per heavy atom. The molecule has 0 aromatic heterocycles. The Balaban J connectivity index is 1.63. The number of fused-ring (bicyclic) bond motifs is 1. The predicted molar refractivity (Wildman–Crippen MR) is 105 cm³/mol. The molecule has 0 spiro atoms. The van der Waals surface area contributed by atoms with Crippen LogP contribution in [0.4, 0.5) is 17.1 Å². The summed E-state index contributed by atoms with van der Waals surface area (Å²) in [7, 11) is 0. The molecule has 4 rings (SSSR count). The zero-order chi connectivity index (χ0) is 20.5. The number of carbonyl (C=O) groups excluding carboxylic acids is 3. The molecule has 1 aromatic carbocycles. The molecule has 0 saturated carbocycles. The summed E-state index contributed by atoms with van der Waals surface area (Å²) in [5.74, 6) is -1.63. The van der Waals surface area contributed by atoms with Gasteiger partial charge in [-0.1, -0.05) is 12.2 Å². The average molecular weight is 398 g/mol. The SMILES string of the molecule is O=C1NCCCC[C@@H]1Nc1ccc(N2C(=O)[C@@H]3CC=CC[C@H]3C2=O)cc1[N+](=O)[O-]. The topological polar surface area (TPSA) is 122 Å². The highest BCUT2D eigenvalue weighted by Crippen LogP contribution is 2.39. The van der Waals surface area contributed by atoms with Crippen LogP contribution in [0.5, 0.6) is 0 Å². The number of nitrogens with zero attached hydrogens (tertiary/aromatic N) is 2. The summed E-state index contributed by atoms with van der Waals surface area (Å²) in [6.07, 6.45) is 7.06. The standard InChI is InChI=1S/C20H22N4O5/c25-18-16(7-3-4-10-21-18)22-15-9-8-12(11-17(15)24(28)29)23-19(26)13-5-1-2-6-14(13)20(23)27/h1-2,8-9,11,13-14,16,22H,3-7,10H2,(H,21,25)/t13-,14-,16+/m1/s1. The highest BCUT2D eigenvalue weighted by molar-refractivity contribution is 6.22. The number of rotatable bonds is 4. The summed E-state index contributed by atoms with van der Waals surface area (Å²) in [6.45, 7) is 0.592. The van der Waals surface area contributed by atoms with Crippen molar-refractivity contribution in [2.75, 3.05) is 16.8 Å². The second kappa shape index (κ2) is 7.65. The second-order valence-corrected chi connectivity index (χ2v) is 7.61. The molecule has 3 amide bonds. The summed E-state index contributed by atoms with van der Waals surface area (Å²) in [5, 5.41) is 17.4. The van der Waals surface area contributed by atoms with Crippen LogP contribution in [0.1, 0.15) is 32.1 Å². The van der Waals surface area contributed by atoms with Crippen molar-refractivity contribution >= 4 is 34.8 Å². The summed E-state index contributed by atoms with van der Waals surface area (Å²) < 4.78 is 0. The first kappa shape index (κ1) is 19.1. The number of anilines is 2. The van der Waals surface area contributed by atoms with Gasteiger partial charge < -0.3 is 10.6 Å². The molecule has 3 aliphatic rings. The van der Waals surface area contributed by atoms with Gasteiger partial charge in [-0.05, 0) is 44.2 Å². The maximum atomic E-state index is 12.7. The van der Waals surface area contributed by atoms with E-state index in [-0.39, 0.29) is 34.8 Å². The summed E-state index contributed by atoms with van der Waals surface area (Å²) in [5.41, 5.74) is 0.115. The molecule has 152 valence electrons. The molecule has 9 nitrogen and oxygen atoms in total. The Labute approximate surface area is 167 Å². The van der Waals surface area contributed by atoms with Gasteiger partial charge in [-0.25, -0.2) is 4.90 Å². The molecular formula is C20H22N4O5. The maximum Gasteiger partial charge on any atom is 0.294 e. The third-order valence-electron chi connectivity index (χ3n) is 5.81. The molecule has 1 aromatic rings. The summed E-state index contributed by atoms with van der Waals surface area (Å²) in [4.78, 5) is 49.8. The molecule has 2 N–H and O–H groups in total. The van der Waals surface area contributed by atoms with Crippen molar-refractivity contribution in [1.82, 2.24) is 5.32 Å². The van der Waals surface area contributed by atoms with E-state index in [4.69, 9.17) is 0 Å². The first-order chi connectivity index (χ1) is 14.0. The van der Waals surface area contributed by atoms with E-state index in [1.165, 1.54) is 18.2 Å². The predicted octanol–water partition coefficient (Wildman–Crippen LogP) is 2.13. The van der Waals surface area contributed by atoms with Crippen molar-refractivity contribution in [2.45, 2.75) is 38.1 Å². The van der Waals surface area contributed by atoms with Crippen molar-refractivity contribution in [3.63, 3.8) is 0 Å². The fourth-order valence-corrected chi connectivity index (χ4v) is 4.25. The summed E-state index contributed by atoms with van der Waals surface area (Å²) >= 11 is 0. The zero-order valence-electron chi connectivity index (χ0n) is 15.8. The van der Waals surface area contributed by atoms with Crippen LogP contribution in [0.3, 0.4) is 0 Å². The summed E-state index contributed by atoms with van der Waals surface area (Å²) in [6, 6.07) is 3.65. The van der Waals surface area contributed by atoms with Gasteiger partial charge in [-0.3, -0.25) is 24.5 Å². The molecule has 2 aliphatic heterocycles. The van der Waals surface area contributed by atoms with Crippen LogP contribution in [0.15, 0.2) is 30.4 Å². The number of nitro groups is 1. The molecular weight excluding hydrogens is 376 g/mol. The lowest BCUT2D eigenvalue weighted by atomic mass is 9.85. The van der Waals surface area contributed by atoms with Gasteiger partial charge >= 0.3 is 0 Å². The molecule has 9 heteroatoms. The van der Waals surface area contributed by atoms with E-state index < -0.39 is 22.8 Å². The molecule has 2 saturated heterocycles. The Kier molecular flexibility index (Phi) is 5.04. The van der Waals surface area contributed by atoms with Crippen molar-refractivity contribution in [1.29, 1.82) is 0 Å². The number of benzene rings is 1. The molecule has 1 aliphatic carbocycles. The van der Waals surface area contributed by atoms with Gasteiger partial charge in [-0.2, -0.15) is 0 Å². The number of nitrogens with one attached hydrogen (secondary N) is 2. The lowest BCUT2D eigenvalue weighted by molar-refractivity contribution is -0.383. The Morgan fingerprint density at radius 3 is 2.41 bits per heavy atom. The fourth-order valence-electron chi connectivity index (χ4n) is 4.25. The van der Waals surface area contributed by atoms with Crippen LogP contribution in [0.25, 0.3) is 0 Å². The third kappa shape index (κ3) is 3.48. The molecule has 29 heavy (non-hydrogen) atoms. The molecule has 0 unspecified atom stereocenters. The molecule has 2 fully saturated rings. The molecule has 2 heterocycles. The lowest BCUT2D eigenvalue weighted by Crippen LogP contribution is -2.38. The van der Waals surface area contributed by atoms with Gasteiger partial charge in [0.2, 0.25) is 17.7 Å². The van der Waals surface area contributed by atoms with Crippen LogP contribution >= 0.6 is 0 Å². The molecule has 3 atom stereocenters. The second-order valence-electron chi connectivity index (χ2n) is 7.61. The van der Waals surface area contributed by atoms with Crippen molar-refractivity contribution in [3.8, 4) is 0 Å².